The molecule has 88 valence electrons. The van der Waals surface area contributed by atoms with E-state index in [1.807, 2.05) is 18.1 Å². The lowest BCUT2D eigenvalue weighted by Gasteiger charge is -2.25. The van der Waals surface area contributed by atoms with Gasteiger partial charge in [0.1, 0.15) is 0 Å². The molecule has 5 heteroatoms. The number of rotatable bonds is 3. The van der Waals surface area contributed by atoms with Crippen molar-refractivity contribution in [2.75, 3.05) is 25.1 Å². The third kappa shape index (κ3) is 2.15. The van der Waals surface area contributed by atoms with Crippen molar-refractivity contribution in [2.24, 2.45) is 5.73 Å². The molecule has 1 aromatic heterocycles. The number of nitrogens with zero attached hydrogens (tertiary/aromatic N) is 3. The highest BCUT2D eigenvalue weighted by molar-refractivity contribution is 5.34. The van der Waals surface area contributed by atoms with E-state index in [1.165, 1.54) is 0 Å². The van der Waals surface area contributed by atoms with Gasteiger partial charge in [0.05, 0.1) is 18.9 Å². The molecule has 1 aromatic rings. The molecular weight excluding hydrogens is 204 g/mol. The van der Waals surface area contributed by atoms with Crippen LogP contribution in [0.3, 0.4) is 0 Å². The fourth-order valence-electron chi connectivity index (χ4n) is 1.64. The number of anilines is 1. The van der Waals surface area contributed by atoms with Crippen LogP contribution in [0.2, 0.25) is 0 Å². The maximum atomic E-state index is 5.63. The molecule has 2 heterocycles. The van der Waals surface area contributed by atoms with Crippen molar-refractivity contribution in [1.82, 2.24) is 9.97 Å². The van der Waals surface area contributed by atoms with Gasteiger partial charge in [-0.25, -0.2) is 9.97 Å². The molecule has 2 N–H and O–H groups in total. The third-order valence-corrected chi connectivity index (χ3v) is 3.00. The Balaban J connectivity index is 2.22. The fourth-order valence-corrected chi connectivity index (χ4v) is 1.64. The maximum Gasteiger partial charge on any atom is 0.225 e. The Kier molecular flexibility index (Phi) is 3.36. The normalized spacial score (nSPS) is 16.7. The van der Waals surface area contributed by atoms with Gasteiger partial charge in [-0.05, 0) is 6.92 Å². The van der Waals surface area contributed by atoms with Crippen LogP contribution in [-0.4, -0.2) is 36.2 Å². The number of hydrogen-bond acceptors (Lipinski definition) is 5. The van der Waals surface area contributed by atoms with E-state index < -0.39 is 0 Å². The van der Waals surface area contributed by atoms with Crippen molar-refractivity contribution >= 4 is 5.95 Å². The summed E-state index contributed by atoms with van der Waals surface area (Å²) in [5, 5.41) is 0. The molecule has 5 nitrogen and oxygen atoms in total. The quantitative estimate of drug-likeness (QED) is 0.798. The smallest absolute Gasteiger partial charge is 0.225 e. The molecule has 1 aliphatic rings. The molecule has 0 amide bonds. The lowest BCUT2D eigenvalue weighted by atomic mass is 10.1. The van der Waals surface area contributed by atoms with Crippen molar-refractivity contribution in [1.29, 1.82) is 0 Å². The van der Waals surface area contributed by atoms with Gasteiger partial charge in [0.15, 0.2) is 0 Å². The fraction of sp³-hybridized carbons (Fsp3) is 0.636. The van der Waals surface area contributed by atoms with Crippen LogP contribution in [0, 0.1) is 0 Å². The lowest BCUT2D eigenvalue weighted by Crippen LogP contribution is -2.36. The van der Waals surface area contributed by atoms with Crippen molar-refractivity contribution in [3.63, 3.8) is 0 Å². The summed E-state index contributed by atoms with van der Waals surface area (Å²) in [6.45, 7) is 4.04. The summed E-state index contributed by atoms with van der Waals surface area (Å²) < 4.78 is 5.35. The van der Waals surface area contributed by atoms with E-state index in [0.717, 1.165) is 30.2 Å². The van der Waals surface area contributed by atoms with Gasteiger partial charge < -0.3 is 15.4 Å². The summed E-state index contributed by atoms with van der Waals surface area (Å²) in [7, 11) is 1.97. The molecule has 2 rings (SSSR count). The Labute approximate surface area is 95.6 Å². The molecule has 1 atom stereocenters. The highest BCUT2D eigenvalue weighted by atomic mass is 16.5. The van der Waals surface area contributed by atoms with Crippen LogP contribution in [-0.2, 0) is 17.8 Å². The van der Waals surface area contributed by atoms with E-state index >= 15 is 0 Å². The van der Waals surface area contributed by atoms with E-state index in [2.05, 4.69) is 16.9 Å². The Morgan fingerprint density at radius 1 is 1.62 bits per heavy atom. The number of ether oxygens (including phenoxy) is 1. The molecule has 0 aromatic carbocycles. The predicted octanol–water partition coefficient (Wildman–Crippen LogP) is 0.333. The van der Waals surface area contributed by atoms with Crippen LogP contribution in [0.15, 0.2) is 6.20 Å². The zero-order chi connectivity index (χ0) is 11.5. The number of aromatic nitrogens is 2. The van der Waals surface area contributed by atoms with Gasteiger partial charge in [0.25, 0.3) is 0 Å². The summed E-state index contributed by atoms with van der Waals surface area (Å²) in [5.41, 5.74) is 7.84. The molecule has 1 unspecified atom stereocenters. The summed E-state index contributed by atoms with van der Waals surface area (Å²) in [6.07, 6.45) is 2.73. The minimum absolute atomic E-state index is 0.248. The molecular formula is C11H18N4O. The van der Waals surface area contributed by atoms with Gasteiger partial charge in [-0.3, -0.25) is 0 Å². The van der Waals surface area contributed by atoms with Gasteiger partial charge in [-0.15, -0.1) is 0 Å². The molecule has 0 saturated heterocycles. The second-order valence-electron chi connectivity index (χ2n) is 4.14. The van der Waals surface area contributed by atoms with E-state index in [4.69, 9.17) is 10.5 Å². The molecule has 0 aliphatic carbocycles. The first-order valence-electron chi connectivity index (χ1n) is 5.58. The van der Waals surface area contributed by atoms with Gasteiger partial charge in [-0.2, -0.15) is 0 Å². The van der Waals surface area contributed by atoms with Gasteiger partial charge in [0.2, 0.25) is 5.95 Å². The predicted molar refractivity (Wildman–Crippen MR) is 62.3 cm³/mol. The molecule has 0 fully saturated rings. The third-order valence-electron chi connectivity index (χ3n) is 3.00. The average molecular weight is 222 g/mol. The molecule has 0 radical (unpaired) electrons. The lowest BCUT2D eigenvalue weighted by molar-refractivity contribution is 0.109. The van der Waals surface area contributed by atoms with Crippen LogP contribution in [0.1, 0.15) is 18.2 Å². The summed E-state index contributed by atoms with van der Waals surface area (Å²) in [6, 6.07) is 0.248. The first-order chi connectivity index (χ1) is 7.72. The molecule has 0 saturated carbocycles. The van der Waals surface area contributed by atoms with Crippen molar-refractivity contribution < 1.29 is 4.74 Å². The topological polar surface area (TPSA) is 64.3 Å². The van der Waals surface area contributed by atoms with E-state index in [9.17, 15) is 0 Å². The van der Waals surface area contributed by atoms with Crippen LogP contribution < -0.4 is 10.6 Å². The Morgan fingerprint density at radius 3 is 3.19 bits per heavy atom. The second kappa shape index (κ2) is 4.76. The van der Waals surface area contributed by atoms with Crippen molar-refractivity contribution in [2.45, 2.75) is 26.0 Å². The Morgan fingerprint density at radius 2 is 2.44 bits per heavy atom. The molecule has 0 spiro atoms. The Bertz CT molecular complexity index is 369. The molecule has 1 aliphatic heterocycles. The van der Waals surface area contributed by atoms with Crippen molar-refractivity contribution in [3.8, 4) is 0 Å². The van der Waals surface area contributed by atoms with Crippen molar-refractivity contribution in [3.05, 3.63) is 17.5 Å². The van der Waals surface area contributed by atoms with Gasteiger partial charge in [-0.1, -0.05) is 0 Å². The molecule has 16 heavy (non-hydrogen) atoms. The van der Waals surface area contributed by atoms with E-state index in [1.54, 1.807) is 0 Å². The number of nitrogens with two attached hydrogens (primary N) is 1. The minimum Gasteiger partial charge on any atom is -0.376 e. The average Bonchev–Trinajstić information content (AvgIpc) is 2.36. The first-order valence-corrected chi connectivity index (χ1v) is 5.58. The highest BCUT2D eigenvalue weighted by Crippen LogP contribution is 2.17. The van der Waals surface area contributed by atoms with E-state index in [-0.39, 0.29) is 6.04 Å². The van der Waals surface area contributed by atoms with Crippen LogP contribution in [0.25, 0.3) is 0 Å². The van der Waals surface area contributed by atoms with Crippen LogP contribution in [0.5, 0.6) is 0 Å². The van der Waals surface area contributed by atoms with Gasteiger partial charge in [0, 0.05) is 37.8 Å². The number of likely N-dealkylation sites (N-methyl/N-ethyl adjacent to an activating group) is 1. The maximum absolute atomic E-state index is 5.63. The standard InChI is InChI=1S/C11H18N4O/c1-8(5-12)15(2)11-13-6-9-7-16-4-3-10(9)14-11/h6,8H,3-5,7,12H2,1-2H3. The second-order valence-corrected chi connectivity index (χ2v) is 4.14. The van der Waals surface area contributed by atoms with Gasteiger partial charge >= 0.3 is 0 Å². The largest absolute Gasteiger partial charge is 0.376 e. The Hall–Kier alpha value is -1.20. The SMILES string of the molecule is CC(CN)N(C)c1ncc2c(n1)CCOC2. The monoisotopic (exact) mass is 222 g/mol. The minimum atomic E-state index is 0.248. The van der Waals surface area contributed by atoms with Crippen LogP contribution in [0.4, 0.5) is 5.95 Å². The molecule has 0 bridgehead atoms. The van der Waals surface area contributed by atoms with Crippen LogP contribution >= 0.6 is 0 Å². The summed E-state index contributed by atoms with van der Waals surface area (Å²) in [4.78, 5) is 10.9. The van der Waals surface area contributed by atoms with E-state index in [0.29, 0.717) is 13.2 Å². The number of hydrogen-bond donors (Lipinski definition) is 1. The number of fused-ring (bicyclic) bond motifs is 1. The first kappa shape index (κ1) is 11.3. The summed E-state index contributed by atoms with van der Waals surface area (Å²) >= 11 is 0. The summed E-state index contributed by atoms with van der Waals surface area (Å²) in [5.74, 6) is 0.749. The zero-order valence-electron chi connectivity index (χ0n) is 9.81. The highest BCUT2D eigenvalue weighted by Gasteiger charge is 2.16. The zero-order valence-corrected chi connectivity index (χ0v) is 9.81.